The number of rotatable bonds is 10. The van der Waals surface area contributed by atoms with Crippen molar-refractivity contribution < 1.29 is 8.78 Å². The van der Waals surface area contributed by atoms with Gasteiger partial charge in [0.05, 0.1) is 22.7 Å². The Bertz CT molecular complexity index is 3880. The highest BCUT2D eigenvalue weighted by Gasteiger charge is 2.20. The molecular formula is C70H46F2N2. The van der Waals surface area contributed by atoms with Crippen molar-refractivity contribution in [2.45, 2.75) is 0 Å². The fourth-order valence-corrected chi connectivity index (χ4v) is 10.7. The van der Waals surface area contributed by atoms with Crippen LogP contribution in [0.3, 0.4) is 0 Å². The Labute approximate surface area is 428 Å². The number of nitrogens with zero attached hydrogens (tertiary/aromatic N) is 2. The van der Waals surface area contributed by atoms with Crippen LogP contribution in [-0.4, -0.2) is 0 Å². The average molecular weight is 953 g/mol. The van der Waals surface area contributed by atoms with Crippen molar-refractivity contribution in [1.82, 2.24) is 0 Å². The Morgan fingerprint density at radius 1 is 0.230 bits per heavy atom. The molecule has 0 atom stereocenters. The molecule has 0 bridgehead atoms. The van der Waals surface area contributed by atoms with Crippen LogP contribution in [0.2, 0.25) is 0 Å². The first-order valence-corrected chi connectivity index (χ1v) is 24.9. The molecule has 0 unspecified atom stereocenters. The van der Waals surface area contributed by atoms with Gasteiger partial charge in [0.1, 0.15) is 11.6 Å². The fraction of sp³-hybridized carbons (Fsp3) is 0. The molecular weight excluding hydrogens is 907 g/mol. The summed E-state index contributed by atoms with van der Waals surface area (Å²) >= 11 is 0. The quantitative estimate of drug-likeness (QED) is 0.0996. The van der Waals surface area contributed by atoms with Crippen molar-refractivity contribution in [1.29, 1.82) is 0 Å². The normalized spacial score (nSPS) is 11.8. The summed E-state index contributed by atoms with van der Waals surface area (Å²) in [5, 5.41) is 10.3. The summed E-state index contributed by atoms with van der Waals surface area (Å²) in [5.74, 6) is -0.878. The minimum absolute atomic E-state index is 0.247. The van der Waals surface area contributed by atoms with Gasteiger partial charge in [-0.15, -0.1) is 0 Å². The fourth-order valence-electron chi connectivity index (χ4n) is 10.7. The van der Waals surface area contributed by atoms with Crippen LogP contribution in [0.5, 0.6) is 0 Å². The van der Waals surface area contributed by atoms with E-state index < -0.39 is 11.6 Å². The zero-order valence-corrected chi connectivity index (χ0v) is 40.2. The van der Waals surface area contributed by atoms with Gasteiger partial charge in [0, 0.05) is 54.5 Å². The molecule has 0 aliphatic heterocycles. The number of anilines is 6. The van der Waals surface area contributed by atoms with Gasteiger partial charge >= 0.3 is 0 Å². The second kappa shape index (κ2) is 18.8. The van der Waals surface area contributed by atoms with Crippen molar-refractivity contribution in [3.8, 4) is 0 Å². The highest BCUT2D eigenvalue weighted by Crippen LogP contribution is 2.44. The monoisotopic (exact) mass is 952 g/mol. The van der Waals surface area contributed by atoms with E-state index in [1.54, 1.807) is 24.3 Å². The Morgan fingerprint density at radius 3 is 0.824 bits per heavy atom. The SMILES string of the molecule is Fc1c2ccc(C=Cc3ccc(N(c4cccc5ccccc45)c4cccc5ccccc45)cc3)cc2c(F)c2ccc(C=Cc3ccc(N(c4cccc5ccccc45)c4cccc5ccccc45)cc3)cc12. The second-order valence-corrected chi connectivity index (χ2v) is 18.8. The molecule has 13 rings (SSSR count). The van der Waals surface area contributed by atoms with Gasteiger partial charge in [-0.05, 0) is 104 Å². The largest absolute Gasteiger partial charge is 0.309 e. The minimum Gasteiger partial charge on any atom is -0.309 e. The van der Waals surface area contributed by atoms with Crippen LogP contribution in [0, 0.1) is 11.6 Å². The summed E-state index contributed by atoms with van der Waals surface area (Å²) in [7, 11) is 0. The van der Waals surface area contributed by atoms with E-state index in [2.05, 4.69) is 228 Å². The van der Waals surface area contributed by atoms with Crippen molar-refractivity contribution >= 4 is 123 Å². The van der Waals surface area contributed by atoms with E-state index >= 15 is 8.78 Å². The lowest BCUT2D eigenvalue weighted by Crippen LogP contribution is -2.11. The summed E-state index contributed by atoms with van der Waals surface area (Å²) in [6, 6.07) is 87.1. The maximum Gasteiger partial charge on any atom is 0.139 e. The van der Waals surface area contributed by atoms with E-state index in [1.165, 1.54) is 21.5 Å². The third-order valence-corrected chi connectivity index (χ3v) is 14.3. The molecule has 0 saturated heterocycles. The second-order valence-electron chi connectivity index (χ2n) is 18.8. The standard InChI is InChI=1S/C70H46F2N2/c71-69-62-44-38-50(32-30-48-35-41-56(42-36-48)74(67-27-11-19-53-15-3-7-23-59(53)67)68-28-12-20-54-16-4-8-24-60(54)68)46-64(62)70(72)61-43-37-49(45-63(61)69)31-29-47-33-39-55(40-34-47)73(65-25-9-17-51-13-1-5-21-57(51)65)66-26-10-18-52-14-2-6-22-58(52)66/h1-46H. The van der Waals surface area contributed by atoms with Gasteiger partial charge in [0.15, 0.2) is 0 Å². The van der Waals surface area contributed by atoms with Gasteiger partial charge in [-0.1, -0.05) is 218 Å². The molecule has 13 aromatic carbocycles. The number of hydrogen-bond donors (Lipinski definition) is 0. The summed E-state index contributed by atoms with van der Waals surface area (Å²) in [5.41, 5.74) is 9.92. The molecule has 0 fully saturated rings. The smallest absolute Gasteiger partial charge is 0.139 e. The molecule has 0 aliphatic rings. The summed E-state index contributed by atoms with van der Waals surface area (Å²) < 4.78 is 32.9. The third-order valence-electron chi connectivity index (χ3n) is 14.3. The minimum atomic E-state index is -0.439. The number of benzene rings is 13. The first kappa shape index (κ1) is 44.3. The Morgan fingerprint density at radius 2 is 0.500 bits per heavy atom. The van der Waals surface area contributed by atoms with Crippen LogP contribution in [0.25, 0.3) is 88.9 Å². The van der Waals surface area contributed by atoms with Crippen LogP contribution >= 0.6 is 0 Å². The lowest BCUT2D eigenvalue weighted by Gasteiger charge is -2.28. The van der Waals surface area contributed by atoms with Crippen molar-refractivity contribution in [2.75, 3.05) is 9.80 Å². The number of hydrogen-bond acceptors (Lipinski definition) is 2. The number of halogens is 2. The summed E-state index contributed by atoms with van der Waals surface area (Å²) in [6.07, 6.45) is 7.93. The molecule has 74 heavy (non-hydrogen) atoms. The molecule has 4 heteroatoms. The highest BCUT2D eigenvalue weighted by atomic mass is 19.1. The maximum absolute atomic E-state index is 16.5. The van der Waals surface area contributed by atoms with Crippen LogP contribution in [0.15, 0.2) is 255 Å². The molecule has 0 spiro atoms. The molecule has 0 N–H and O–H groups in total. The Hall–Kier alpha value is -9.64. The van der Waals surface area contributed by atoms with Crippen LogP contribution < -0.4 is 9.80 Å². The topological polar surface area (TPSA) is 6.48 Å². The van der Waals surface area contributed by atoms with Gasteiger partial charge in [0.25, 0.3) is 0 Å². The van der Waals surface area contributed by atoms with Crippen LogP contribution in [0.4, 0.5) is 42.9 Å². The van der Waals surface area contributed by atoms with Gasteiger partial charge in [0.2, 0.25) is 0 Å². The van der Waals surface area contributed by atoms with Gasteiger partial charge in [-0.3, -0.25) is 0 Å². The van der Waals surface area contributed by atoms with E-state index in [9.17, 15) is 0 Å². The van der Waals surface area contributed by atoms with E-state index in [0.717, 1.165) is 77.9 Å². The van der Waals surface area contributed by atoms with E-state index in [1.807, 2.05) is 36.4 Å². The van der Waals surface area contributed by atoms with Crippen molar-refractivity contribution in [2.24, 2.45) is 0 Å². The van der Waals surface area contributed by atoms with Crippen LogP contribution in [0.1, 0.15) is 22.3 Å². The van der Waals surface area contributed by atoms with Crippen LogP contribution in [-0.2, 0) is 0 Å². The molecule has 2 nitrogen and oxygen atoms in total. The first-order valence-electron chi connectivity index (χ1n) is 24.9. The molecule has 0 amide bonds. The first-order chi connectivity index (χ1) is 36.5. The zero-order valence-electron chi connectivity index (χ0n) is 40.2. The van der Waals surface area contributed by atoms with Crippen molar-refractivity contribution in [3.63, 3.8) is 0 Å². The summed E-state index contributed by atoms with van der Waals surface area (Å²) in [4.78, 5) is 4.66. The molecule has 13 aromatic rings. The molecule has 0 radical (unpaired) electrons. The predicted molar refractivity (Wildman–Crippen MR) is 312 cm³/mol. The molecule has 0 aromatic heterocycles. The molecule has 0 saturated carbocycles. The van der Waals surface area contributed by atoms with E-state index in [0.29, 0.717) is 0 Å². The zero-order chi connectivity index (χ0) is 49.5. The molecule has 0 heterocycles. The van der Waals surface area contributed by atoms with E-state index in [4.69, 9.17) is 0 Å². The third kappa shape index (κ3) is 8.09. The van der Waals surface area contributed by atoms with Gasteiger partial charge in [-0.25, -0.2) is 8.78 Å². The highest BCUT2D eigenvalue weighted by molar-refractivity contribution is 6.07. The maximum atomic E-state index is 16.5. The molecule has 350 valence electrons. The Balaban J connectivity index is 0.772. The lowest BCUT2D eigenvalue weighted by molar-refractivity contribution is 0.635. The van der Waals surface area contributed by atoms with Gasteiger partial charge in [-0.2, -0.15) is 0 Å². The number of fused-ring (bicyclic) bond motifs is 6. The van der Waals surface area contributed by atoms with Crippen molar-refractivity contribution in [3.05, 3.63) is 289 Å². The van der Waals surface area contributed by atoms with E-state index in [-0.39, 0.29) is 21.5 Å². The average Bonchev–Trinajstić information content (AvgIpc) is 3.46. The molecule has 0 aliphatic carbocycles. The Kier molecular flexibility index (Phi) is 11.3. The summed E-state index contributed by atoms with van der Waals surface area (Å²) in [6.45, 7) is 0. The lowest BCUT2D eigenvalue weighted by atomic mass is 9.98. The predicted octanol–water partition coefficient (Wildman–Crippen LogP) is 20.2. The van der Waals surface area contributed by atoms with Gasteiger partial charge < -0.3 is 9.80 Å².